The normalized spacial score (nSPS) is 19.5. The highest BCUT2D eigenvalue weighted by atomic mass is 32.2. The third-order valence-corrected chi connectivity index (χ3v) is 8.24. The second-order valence-corrected chi connectivity index (χ2v) is 12.5. The molecule has 0 aromatic heterocycles. The maximum absolute atomic E-state index is 13.7. The second kappa shape index (κ2) is 8.97. The van der Waals surface area contributed by atoms with Crippen LogP contribution in [-0.2, 0) is 22.0 Å². The Morgan fingerprint density at radius 2 is 1.57 bits per heavy atom. The fourth-order valence-corrected chi connectivity index (χ4v) is 5.72. The molecule has 2 atom stereocenters. The van der Waals surface area contributed by atoms with E-state index in [1.807, 2.05) is 24.3 Å². The molecule has 0 spiro atoms. The molecule has 0 fully saturated rings. The Hall–Kier alpha value is -2.87. The summed E-state index contributed by atoms with van der Waals surface area (Å²) in [6, 6.07) is 21.1. The predicted octanol–water partition coefficient (Wildman–Crippen LogP) is 4.94. The standard InChI is InChI=1S/C28H33NO5S/c1-27(2,3)20-12-14-21(15-13-20)29(35(32,33)22-9-7-6-8-10-22)18-19-11-16-24-23(17-19)25(30)26(31)28(4,5)34-24/h6-17,25-26,30-31H,18H2,1-5H3/t25-,26+/m0/s1. The molecule has 4 rings (SSSR count). The van der Waals surface area contributed by atoms with Gasteiger partial charge in [0, 0.05) is 5.56 Å². The van der Waals surface area contributed by atoms with E-state index in [9.17, 15) is 18.6 Å². The van der Waals surface area contributed by atoms with Crippen LogP contribution in [0.3, 0.4) is 0 Å². The Kier molecular flexibility index (Phi) is 6.47. The smallest absolute Gasteiger partial charge is 0.264 e. The fourth-order valence-electron chi connectivity index (χ4n) is 4.24. The van der Waals surface area contributed by atoms with Gasteiger partial charge in [-0.2, -0.15) is 0 Å². The molecular weight excluding hydrogens is 462 g/mol. The highest BCUT2D eigenvalue weighted by Gasteiger charge is 2.42. The third kappa shape index (κ3) is 4.94. The summed E-state index contributed by atoms with van der Waals surface area (Å²) in [5, 5.41) is 21.2. The predicted molar refractivity (Wildman–Crippen MR) is 137 cm³/mol. The number of aliphatic hydroxyl groups excluding tert-OH is 2. The van der Waals surface area contributed by atoms with E-state index in [4.69, 9.17) is 4.74 Å². The van der Waals surface area contributed by atoms with Crippen molar-refractivity contribution in [2.24, 2.45) is 0 Å². The molecule has 1 heterocycles. The van der Waals surface area contributed by atoms with Crippen molar-refractivity contribution in [3.8, 4) is 5.75 Å². The van der Waals surface area contributed by atoms with Crippen LogP contribution in [0.4, 0.5) is 5.69 Å². The van der Waals surface area contributed by atoms with Gasteiger partial charge in [-0.15, -0.1) is 0 Å². The van der Waals surface area contributed by atoms with E-state index in [-0.39, 0.29) is 16.9 Å². The molecule has 1 aliphatic rings. The fraction of sp³-hybridized carbons (Fsp3) is 0.357. The number of nitrogens with zero attached hydrogens (tertiary/aromatic N) is 1. The highest BCUT2D eigenvalue weighted by molar-refractivity contribution is 7.92. The first-order valence-corrected chi connectivity index (χ1v) is 13.1. The van der Waals surface area contributed by atoms with Crippen LogP contribution in [0.25, 0.3) is 0 Å². The lowest BCUT2D eigenvalue weighted by atomic mass is 9.87. The number of benzene rings is 3. The van der Waals surface area contributed by atoms with Gasteiger partial charge in [-0.1, -0.05) is 57.2 Å². The van der Waals surface area contributed by atoms with Crippen molar-refractivity contribution in [3.05, 3.63) is 89.5 Å². The largest absolute Gasteiger partial charge is 0.485 e. The lowest BCUT2D eigenvalue weighted by Gasteiger charge is -2.40. The molecule has 1 aliphatic heterocycles. The van der Waals surface area contributed by atoms with Crippen molar-refractivity contribution >= 4 is 15.7 Å². The average Bonchev–Trinajstić information content (AvgIpc) is 2.81. The van der Waals surface area contributed by atoms with Gasteiger partial charge in [0.05, 0.1) is 17.1 Å². The number of hydrogen-bond donors (Lipinski definition) is 2. The summed E-state index contributed by atoms with van der Waals surface area (Å²) in [4.78, 5) is 0.193. The summed E-state index contributed by atoms with van der Waals surface area (Å²) in [5.41, 5.74) is 1.74. The quantitative estimate of drug-likeness (QED) is 0.523. The Labute approximate surface area is 207 Å². The van der Waals surface area contributed by atoms with Crippen LogP contribution < -0.4 is 9.04 Å². The van der Waals surface area contributed by atoms with Crippen LogP contribution in [0.1, 0.15) is 57.4 Å². The van der Waals surface area contributed by atoms with Crippen LogP contribution in [-0.4, -0.2) is 30.3 Å². The number of hydrogen-bond acceptors (Lipinski definition) is 5. The van der Waals surface area contributed by atoms with Gasteiger partial charge >= 0.3 is 0 Å². The third-order valence-electron chi connectivity index (χ3n) is 6.46. The first-order valence-electron chi connectivity index (χ1n) is 11.7. The first kappa shape index (κ1) is 25.2. The maximum Gasteiger partial charge on any atom is 0.264 e. The Bertz CT molecular complexity index is 1300. The minimum atomic E-state index is -3.87. The van der Waals surface area contributed by atoms with Crippen LogP contribution in [0.2, 0.25) is 0 Å². The van der Waals surface area contributed by atoms with E-state index in [0.29, 0.717) is 22.6 Å². The topological polar surface area (TPSA) is 87.1 Å². The molecule has 7 heteroatoms. The molecule has 186 valence electrons. The molecule has 3 aromatic carbocycles. The molecule has 3 aromatic rings. The van der Waals surface area contributed by atoms with Gasteiger partial charge in [-0.25, -0.2) is 8.42 Å². The SMILES string of the molecule is CC(C)(C)c1ccc(N(Cc2ccc3c(c2)[C@H](O)[C@@H](O)C(C)(C)O3)S(=O)(=O)c2ccccc2)cc1. The minimum absolute atomic E-state index is 0.0472. The van der Waals surface area contributed by atoms with E-state index >= 15 is 0 Å². The molecule has 0 radical (unpaired) electrons. The lowest BCUT2D eigenvalue weighted by Crippen LogP contribution is -2.48. The van der Waals surface area contributed by atoms with Gasteiger partial charge < -0.3 is 14.9 Å². The van der Waals surface area contributed by atoms with E-state index in [0.717, 1.165) is 5.56 Å². The molecule has 0 aliphatic carbocycles. The molecule has 0 bridgehead atoms. The van der Waals surface area contributed by atoms with Gasteiger partial charge in [0.25, 0.3) is 10.0 Å². The summed E-state index contributed by atoms with van der Waals surface area (Å²) >= 11 is 0. The number of rotatable bonds is 5. The van der Waals surface area contributed by atoms with Gasteiger partial charge in [-0.3, -0.25) is 4.31 Å². The summed E-state index contributed by atoms with van der Waals surface area (Å²) in [5.74, 6) is 0.476. The van der Waals surface area contributed by atoms with Crippen molar-refractivity contribution < 1.29 is 23.4 Å². The number of anilines is 1. The average molecular weight is 496 g/mol. The van der Waals surface area contributed by atoms with Crippen LogP contribution in [0, 0.1) is 0 Å². The highest BCUT2D eigenvalue weighted by Crippen LogP contribution is 2.40. The molecular formula is C28H33NO5S. The lowest BCUT2D eigenvalue weighted by molar-refractivity contribution is -0.111. The summed E-state index contributed by atoms with van der Waals surface area (Å²) in [6.07, 6.45) is -2.25. The van der Waals surface area contributed by atoms with E-state index in [1.165, 1.54) is 4.31 Å². The maximum atomic E-state index is 13.7. The second-order valence-electron chi connectivity index (χ2n) is 10.6. The van der Waals surface area contributed by atoms with Crippen LogP contribution in [0.5, 0.6) is 5.75 Å². The molecule has 0 unspecified atom stereocenters. The van der Waals surface area contributed by atoms with Crippen molar-refractivity contribution in [3.63, 3.8) is 0 Å². The van der Waals surface area contributed by atoms with Crippen molar-refractivity contribution in [1.29, 1.82) is 0 Å². The summed E-state index contributed by atoms with van der Waals surface area (Å²) in [7, 11) is -3.87. The van der Waals surface area contributed by atoms with Crippen LogP contribution in [0.15, 0.2) is 77.7 Å². The van der Waals surface area contributed by atoms with Crippen LogP contribution >= 0.6 is 0 Å². The molecule has 35 heavy (non-hydrogen) atoms. The van der Waals surface area contributed by atoms with Gasteiger partial charge in [0.1, 0.15) is 23.6 Å². The monoisotopic (exact) mass is 495 g/mol. The first-order chi connectivity index (χ1) is 16.3. The zero-order valence-corrected chi connectivity index (χ0v) is 21.6. The van der Waals surface area contributed by atoms with Gasteiger partial charge in [-0.05, 0) is 66.8 Å². The molecule has 2 N–H and O–H groups in total. The van der Waals surface area contributed by atoms with Crippen molar-refractivity contribution in [2.45, 2.75) is 69.3 Å². The Morgan fingerprint density at radius 3 is 2.17 bits per heavy atom. The number of aliphatic hydroxyl groups is 2. The number of sulfonamides is 1. The minimum Gasteiger partial charge on any atom is -0.485 e. The van der Waals surface area contributed by atoms with Gasteiger partial charge in [0.2, 0.25) is 0 Å². The molecule has 0 saturated carbocycles. The number of ether oxygens (including phenoxy) is 1. The number of fused-ring (bicyclic) bond motifs is 1. The van der Waals surface area contributed by atoms with Gasteiger partial charge in [0.15, 0.2) is 0 Å². The van der Waals surface area contributed by atoms with E-state index < -0.39 is 27.8 Å². The molecule has 0 amide bonds. The van der Waals surface area contributed by atoms with Crippen molar-refractivity contribution in [2.75, 3.05) is 4.31 Å². The Morgan fingerprint density at radius 1 is 0.943 bits per heavy atom. The summed E-state index contributed by atoms with van der Waals surface area (Å²) < 4.78 is 34.7. The zero-order valence-electron chi connectivity index (χ0n) is 20.8. The van der Waals surface area contributed by atoms with Crippen molar-refractivity contribution in [1.82, 2.24) is 0 Å². The molecule has 6 nitrogen and oxygen atoms in total. The Balaban J connectivity index is 1.76. The van der Waals surface area contributed by atoms with E-state index in [1.54, 1.807) is 62.4 Å². The van der Waals surface area contributed by atoms with E-state index in [2.05, 4.69) is 20.8 Å². The summed E-state index contributed by atoms with van der Waals surface area (Å²) in [6.45, 7) is 9.80. The zero-order chi connectivity index (χ0) is 25.6. The molecule has 0 saturated heterocycles.